The van der Waals surface area contributed by atoms with Crippen molar-refractivity contribution in [2.75, 3.05) is 0 Å². The Balaban J connectivity index is 1.24. The molecule has 0 aliphatic heterocycles. The third-order valence-corrected chi connectivity index (χ3v) is 10.4. The van der Waals surface area contributed by atoms with Gasteiger partial charge in [-0.25, -0.2) is 4.98 Å². The van der Waals surface area contributed by atoms with E-state index in [1.807, 2.05) is 0 Å². The minimum absolute atomic E-state index is 0.887. The molecule has 0 saturated carbocycles. The average Bonchev–Trinajstić information content (AvgIpc) is 3.85. The molecule has 11 rings (SSSR count). The summed E-state index contributed by atoms with van der Waals surface area (Å²) in [6, 6.07) is 65.4. The lowest BCUT2D eigenvalue weighted by Crippen LogP contribution is -1.94. The van der Waals surface area contributed by atoms with Crippen molar-refractivity contribution in [2.45, 2.75) is 0 Å². The van der Waals surface area contributed by atoms with Crippen molar-refractivity contribution in [2.24, 2.45) is 0 Å². The van der Waals surface area contributed by atoms with Gasteiger partial charge in [0.1, 0.15) is 0 Å². The van der Waals surface area contributed by atoms with Crippen LogP contribution in [0.4, 0.5) is 0 Å². The van der Waals surface area contributed by atoms with Crippen LogP contribution in [-0.4, -0.2) is 18.5 Å². The number of hydrogen-bond donors (Lipinski definition) is 0. The summed E-state index contributed by atoms with van der Waals surface area (Å²) < 4.78 is 7.02. The molecule has 3 heterocycles. The first-order chi connectivity index (χ1) is 25.3. The van der Waals surface area contributed by atoms with Crippen LogP contribution in [0.3, 0.4) is 0 Å². The summed E-state index contributed by atoms with van der Waals surface area (Å²) in [6.07, 6.45) is 0. The topological polar surface area (TPSA) is 27.2 Å². The predicted molar refractivity (Wildman–Crippen MR) is 212 cm³/mol. The molecule has 3 aromatic heterocycles. The van der Waals surface area contributed by atoms with E-state index in [4.69, 9.17) is 4.98 Å². The van der Waals surface area contributed by atoms with Gasteiger partial charge < -0.3 is 4.57 Å². The van der Waals surface area contributed by atoms with Crippen LogP contribution < -0.4 is 0 Å². The molecule has 0 saturated heterocycles. The van der Waals surface area contributed by atoms with Crippen LogP contribution in [0, 0.1) is 0 Å². The fourth-order valence-corrected chi connectivity index (χ4v) is 8.17. The average molecular weight is 651 g/mol. The molecule has 0 radical (unpaired) electrons. The zero-order valence-electron chi connectivity index (χ0n) is 27.6. The number of rotatable bonds is 4. The number of imidazole rings is 2. The number of para-hydroxylation sites is 5. The molecular weight excluding hydrogens is 621 g/mol. The number of hydrogen-bond acceptors (Lipinski definition) is 1. The lowest BCUT2D eigenvalue weighted by Gasteiger charge is -2.10. The highest BCUT2D eigenvalue weighted by molar-refractivity contribution is 6.11. The van der Waals surface area contributed by atoms with Gasteiger partial charge in [0.15, 0.2) is 0 Å². The van der Waals surface area contributed by atoms with Gasteiger partial charge in [-0.2, -0.15) is 0 Å². The van der Waals surface area contributed by atoms with Gasteiger partial charge >= 0.3 is 0 Å². The molecule has 0 amide bonds. The van der Waals surface area contributed by atoms with Gasteiger partial charge in [0.25, 0.3) is 0 Å². The van der Waals surface area contributed by atoms with Gasteiger partial charge in [-0.3, -0.25) is 8.97 Å². The number of benzene rings is 8. The summed E-state index contributed by atoms with van der Waals surface area (Å²) in [6.45, 7) is 0. The molecule has 238 valence electrons. The Hall–Kier alpha value is -6.91. The van der Waals surface area contributed by atoms with Gasteiger partial charge in [0.2, 0.25) is 5.78 Å². The van der Waals surface area contributed by atoms with Crippen molar-refractivity contribution in [3.05, 3.63) is 182 Å². The van der Waals surface area contributed by atoms with Crippen LogP contribution >= 0.6 is 0 Å². The Kier molecular flexibility index (Phi) is 5.92. The Labute approximate surface area is 293 Å². The molecule has 0 unspecified atom stereocenters. The SMILES string of the molecule is c1ccc(-n2c3ccccc3c3cc(-c4c(-c5ccc6c(ccc7ccccc76)c5)nc5n(-c6ccccc6)c6ccccc6n45)ccc32)cc1. The number of aromatic nitrogens is 4. The van der Waals surface area contributed by atoms with E-state index in [1.165, 1.54) is 43.4 Å². The Morgan fingerprint density at radius 3 is 1.75 bits per heavy atom. The Morgan fingerprint density at radius 2 is 0.941 bits per heavy atom. The van der Waals surface area contributed by atoms with E-state index in [9.17, 15) is 0 Å². The van der Waals surface area contributed by atoms with Crippen LogP contribution in [0.5, 0.6) is 0 Å². The molecule has 0 aliphatic carbocycles. The minimum atomic E-state index is 0.887. The molecule has 11 aromatic rings. The summed E-state index contributed by atoms with van der Waals surface area (Å²) in [5.41, 5.74) is 11.1. The molecule has 0 bridgehead atoms. The maximum Gasteiger partial charge on any atom is 0.220 e. The molecule has 0 spiro atoms. The molecule has 4 nitrogen and oxygen atoms in total. The monoisotopic (exact) mass is 650 g/mol. The summed E-state index contributed by atoms with van der Waals surface area (Å²) in [5.74, 6) is 0.887. The number of nitrogens with zero attached hydrogens (tertiary/aromatic N) is 4. The summed E-state index contributed by atoms with van der Waals surface area (Å²) >= 11 is 0. The zero-order valence-corrected chi connectivity index (χ0v) is 27.6. The lowest BCUT2D eigenvalue weighted by atomic mass is 9.97. The fourth-order valence-electron chi connectivity index (χ4n) is 8.17. The van der Waals surface area contributed by atoms with Crippen LogP contribution in [0.2, 0.25) is 0 Å². The summed E-state index contributed by atoms with van der Waals surface area (Å²) in [5, 5.41) is 7.40. The van der Waals surface area contributed by atoms with Crippen LogP contribution in [0.15, 0.2) is 182 Å². The third-order valence-electron chi connectivity index (χ3n) is 10.4. The summed E-state index contributed by atoms with van der Waals surface area (Å²) in [7, 11) is 0. The van der Waals surface area contributed by atoms with Crippen LogP contribution in [0.25, 0.3) is 94.1 Å². The van der Waals surface area contributed by atoms with E-state index in [2.05, 4.69) is 196 Å². The maximum absolute atomic E-state index is 5.56. The highest BCUT2D eigenvalue weighted by Crippen LogP contribution is 2.41. The predicted octanol–water partition coefficient (Wildman–Crippen LogP) is 12.0. The lowest BCUT2D eigenvalue weighted by molar-refractivity contribution is 1.10. The third kappa shape index (κ3) is 4.11. The highest BCUT2D eigenvalue weighted by atomic mass is 15.2. The first-order valence-electron chi connectivity index (χ1n) is 17.4. The Morgan fingerprint density at radius 1 is 0.353 bits per heavy atom. The fraction of sp³-hybridized carbons (Fsp3) is 0. The van der Waals surface area contributed by atoms with E-state index in [0.717, 1.165) is 50.7 Å². The van der Waals surface area contributed by atoms with E-state index < -0.39 is 0 Å². The second kappa shape index (κ2) is 10.8. The van der Waals surface area contributed by atoms with Crippen molar-refractivity contribution in [3.8, 4) is 33.9 Å². The van der Waals surface area contributed by atoms with Crippen molar-refractivity contribution in [1.29, 1.82) is 0 Å². The largest absolute Gasteiger partial charge is 0.309 e. The van der Waals surface area contributed by atoms with E-state index >= 15 is 0 Å². The van der Waals surface area contributed by atoms with Crippen molar-refractivity contribution < 1.29 is 0 Å². The number of fused-ring (bicyclic) bond motifs is 9. The van der Waals surface area contributed by atoms with E-state index in [1.54, 1.807) is 0 Å². The molecule has 0 N–H and O–H groups in total. The second-order valence-corrected chi connectivity index (χ2v) is 13.2. The minimum Gasteiger partial charge on any atom is -0.309 e. The smallest absolute Gasteiger partial charge is 0.220 e. The molecule has 4 heteroatoms. The zero-order chi connectivity index (χ0) is 33.5. The molecule has 0 aliphatic rings. The van der Waals surface area contributed by atoms with Crippen molar-refractivity contribution >= 4 is 60.2 Å². The maximum atomic E-state index is 5.56. The van der Waals surface area contributed by atoms with Crippen molar-refractivity contribution in [1.82, 2.24) is 18.5 Å². The van der Waals surface area contributed by atoms with Gasteiger partial charge in [0.05, 0.1) is 33.5 Å². The quantitative estimate of drug-likeness (QED) is 0.174. The van der Waals surface area contributed by atoms with Crippen LogP contribution in [0.1, 0.15) is 0 Å². The molecular formula is C47H30N4. The molecule has 0 atom stereocenters. The van der Waals surface area contributed by atoms with Crippen molar-refractivity contribution in [3.63, 3.8) is 0 Å². The standard InChI is InChI=1S/C47H30N4/c1-3-14-35(15-4-1)49-41-20-10-9-19-39(41)40-30-34(26-28-42(40)49)46-45(33-25-27-38-32(29-33)24-23-31-13-7-8-18-37(31)38)48-47-50(36-16-5-2-6-17-36)43-21-11-12-22-44(43)51(46)47/h1-30H. The van der Waals surface area contributed by atoms with Gasteiger partial charge in [0, 0.05) is 33.3 Å². The summed E-state index contributed by atoms with van der Waals surface area (Å²) in [4.78, 5) is 5.56. The Bertz CT molecular complexity index is 3130. The van der Waals surface area contributed by atoms with Gasteiger partial charge in [-0.1, -0.05) is 121 Å². The molecule has 8 aromatic carbocycles. The van der Waals surface area contributed by atoms with Gasteiger partial charge in [-0.05, 0) is 82.2 Å². The second-order valence-electron chi connectivity index (χ2n) is 13.2. The first kappa shape index (κ1) is 28.0. The molecule has 0 fully saturated rings. The van der Waals surface area contributed by atoms with E-state index in [-0.39, 0.29) is 0 Å². The van der Waals surface area contributed by atoms with E-state index in [0.29, 0.717) is 0 Å². The highest BCUT2D eigenvalue weighted by Gasteiger charge is 2.24. The van der Waals surface area contributed by atoms with Gasteiger partial charge in [-0.15, -0.1) is 0 Å². The van der Waals surface area contributed by atoms with Crippen LogP contribution in [-0.2, 0) is 0 Å². The molecule has 51 heavy (non-hydrogen) atoms. The normalized spacial score (nSPS) is 11.9. The first-order valence-corrected chi connectivity index (χ1v) is 17.4.